The minimum atomic E-state index is -3.52. The summed E-state index contributed by atoms with van der Waals surface area (Å²) in [5.41, 5.74) is 4.92. The summed E-state index contributed by atoms with van der Waals surface area (Å²) in [7, 11) is -3.52. The molecule has 1 heterocycles. The number of hydrogen-bond donors (Lipinski definition) is 2. The van der Waals surface area contributed by atoms with Crippen LogP contribution in [0.15, 0.2) is 41.3 Å². The zero-order chi connectivity index (χ0) is 18.2. The topological polar surface area (TPSA) is 62.0 Å². The number of aromatic amines is 1. The summed E-state index contributed by atoms with van der Waals surface area (Å²) in [6.45, 7) is 6.08. The van der Waals surface area contributed by atoms with Gasteiger partial charge >= 0.3 is 0 Å². The van der Waals surface area contributed by atoms with E-state index >= 15 is 0 Å². The average molecular weight is 377 g/mol. The first-order valence-electron chi connectivity index (χ1n) is 8.11. The lowest BCUT2D eigenvalue weighted by Crippen LogP contribution is -2.26. The Morgan fingerprint density at radius 2 is 1.84 bits per heavy atom. The highest BCUT2D eigenvalue weighted by molar-refractivity contribution is 7.89. The molecule has 0 unspecified atom stereocenters. The fourth-order valence-corrected chi connectivity index (χ4v) is 4.59. The van der Waals surface area contributed by atoms with Crippen LogP contribution in [0, 0.1) is 20.8 Å². The molecule has 0 fully saturated rings. The Kier molecular flexibility index (Phi) is 4.91. The average Bonchev–Trinajstić information content (AvgIpc) is 2.82. The number of aryl methyl sites for hydroxylation is 3. The number of halogens is 1. The second kappa shape index (κ2) is 6.83. The summed E-state index contributed by atoms with van der Waals surface area (Å²) in [5.74, 6) is 0. The van der Waals surface area contributed by atoms with Gasteiger partial charge in [0, 0.05) is 28.2 Å². The number of sulfonamides is 1. The molecular weight excluding hydrogens is 356 g/mol. The predicted octanol–water partition coefficient (Wildman–Crippen LogP) is 4.27. The van der Waals surface area contributed by atoms with Gasteiger partial charge in [-0.3, -0.25) is 0 Å². The molecule has 0 atom stereocenters. The SMILES string of the molecule is Cc1ccc(S(=O)(=O)NCCc2c(C)[nH]c3ccc(Cl)cc23)c(C)c1. The third-order valence-corrected chi connectivity index (χ3v) is 6.22. The number of benzene rings is 2. The van der Waals surface area contributed by atoms with Crippen molar-refractivity contribution in [3.8, 4) is 0 Å². The Morgan fingerprint density at radius 3 is 2.56 bits per heavy atom. The molecule has 4 nitrogen and oxygen atoms in total. The fourth-order valence-electron chi connectivity index (χ4n) is 3.17. The van der Waals surface area contributed by atoms with Crippen LogP contribution in [0.1, 0.15) is 22.4 Å². The lowest BCUT2D eigenvalue weighted by Gasteiger charge is -2.10. The molecule has 0 saturated heterocycles. The van der Waals surface area contributed by atoms with E-state index in [1.165, 1.54) is 0 Å². The monoisotopic (exact) mass is 376 g/mol. The van der Waals surface area contributed by atoms with Gasteiger partial charge in [0.05, 0.1) is 4.90 Å². The summed E-state index contributed by atoms with van der Waals surface area (Å²) in [4.78, 5) is 3.64. The Bertz CT molecular complexity index is 1040. The molecular formula is C19H21ClN2O2S. The van der Waals surface area contributed by atoms with Crippen molar-refractivity contribution in [2.24, 2.45) is 0 Å². The quantitative estimate of drug-likeness (QED) is 0.698. The van der Waals surface area contributed by atoms with E-state index in [4.69, 9.17) is 11.6 Å². The van der Waals surface area contributed by atoms with Crippen molar-refractivity contribution in [1.82, 2.24) is 9.71 Å². The van der Waals surface area contributed by atoms with Crippen molar-refractivity contribution in [3.05, 3.63) is 63.8 Å². The van der Waals surface area contributed by atoms with E-state index in [0.717, 1.165) is 33.3 Å². The Hall–Kier alpha value is -1.82. The van der Waals surface area contributed by atoms with Crippen molar-refractivity contribution >= 4 is 32.5 Å². The lowest BCUT2D eigenvalue weighted by atomic mass is 10.1. The normalized spacial score (nSPS) is 12.0. The molecule has 3 aromatic rings. The summed E-state index contributed by atoms with van der Waals surface area (Å²) in [6.07, 6.45) is 0.594. The van der Waals surface area contributed by atoms with Crippen molar-refractivity contribution < 1.29 is 8.42 Å². The van der Waals surface area contributed by atoms with Crippen molar-refractivity contribution in [2.75, 3.05) is 6.54 Å². The van der Waals surface area contributed by atoms with Gasteiger partial charge in [-0.25, -0.2) is 13.1 Å². The molecule has 0 amide bonds. The first-order valence-corrected chi connectivity index (χ1v) is 9.97. The molecule has 0 bridgehead atoms. The summed E-state index contributed by atoms with van der Waals surface area (Å²) in [6, 6.07) is 11.0. The summed E-state index contributed by atoms with van der Waals surface area (Å²) >= 11 is 6.09. The van der Waals surface area contributed by atoms with Crippen LogP contribution in [0.4, 0.5) is 0 Å². The molecule has 2 aromatic carbocycles. The Morgan fingerprint density at radius 1 is 1.08 bits per heavy atom. The van der Waals surface area contributed by atoms with Crippen molar-refractivity contribution in [3.63, 3.8) is 0 Å². The number of hydrogen-bond acceptors (Lipinski definition) is 2. The third-order valence-electron chi connectivity index (χ3n) is 4.37. The number of fused-ring (bicyclic) bond motifs is 1. The van der Waals surface area contributed by atoms with E-state index < -0.39 is 10.0 Å². The molecule has 132 valence electrons. The molecule has 0 spiro atoms. The Labute approximate surface area is 153 Å². The molecule has 0 aliphatic carbocycles. The van der Waals surface area contributed by atoms with Gasteiger partial charge < -0.3 is 4.98 Å². The molecule has 6 heteroatoms. The predicted molar refractivity (Wildman–Crippen MR) is 103 cm³/mol. The van der Waals surface area contributed by atoms with E-state index in [1.807, 2.05) is 51.1 Å². The van der Waals surface area contributed by atoms with E-state index in [9.17, 15) is 8.42 Å². The van der Waals surface area contributed by atoms with Crippen LogP contribution in [-0.4, -0.2) is 19.9 Å². The standard InChI is InChI=1S/C19H21ClN2O2S/c1-12-4-7-19(13(2)10-12)25(23,24)21-9-8-16-14(3)22-18-6-5-15(20)11-17(16)18/h4-7,10-11,21-22H,8-9H2,1-3H3. The zero-order valence-corrected chi connectivity index (χ0v) is 16.1. The third kappa shape index (κ3) is 3.73. The van der Waals surface area contributed by atoms with E-state index in [2.05, 4.69) is 9.71 Å². The lowest BCUT2D eigenvalue weighted by molar-refractivity contribution is 0.581. The molecule has 0 saturated carbocycles. The first-order chi connectivity index (χ1) is 11.8. The van der Waals surface area contributed by atoms with Gasteiger partial charge in [0.15, 0.2) is 0 Å². The second-order valence-corrected chi connectivity index (χ2v) is 8.51. The van der Waals surface area contributed by atoms with Gasteiger partial charge in [-0.05, 0) is 62.6 Å². The highest BCUT2D eigenvalue weighted by Crippen LogP contribution is 2.25. The second-order valence-electron chi connectivity index (χ2n) is 6.34. The van der Waals surface area contributed by atoms with Gasteiger partial charge in [-0.15, -0.1) is 0 Å². The maximum atomic E-state index is 12.6. The van der Waals surface area contributed by atoms with Gasteiger partial charge in [-0.1, -0.05) is 29.3 Å². The van der Waals surface area contributed by atoms with E-state index in [-0.39, 0.29) is 0 Å². The minimum absolute atomic E-state index is 0.329. The summed E-state index contributed by atoms with van der Waals surface area (Å²) < 4.78 is 27.8. The number of rotatable bonds is 5. The molecule has 0 aliphatic heterocycles. The van der Waals surface area contributed by atoms with E-state index in [0.29, 0.717) is 22.9 Å². The van der Waals surface area contributed by atoms with Crippen LogP contribution in [0.3, 0.4) is 0 Å². The fraction of sp³-hybridized carbons (Fsp3) is 0.263. The van der Waals surface area contributed by atoms with Gasteiger partial charge in [0.25, 0.3) is 0 Å². The molecule has 25 heavy (non-hydrogen) atoms. The van der Waals surface area contributed by atoms with E-state index in [1.54, 1.807) is 6.07 Å². The Balaban J connectivity index is 1.79. The van der Waals surface area contributed by atoms with Gasteiger partial charge in [-0.2, -0.15) is 0 Å². The maximum Gasteiger partial charge on any atom is 0.240 e. The number of H-pyrrole nitrogens is 1. The van der Waals surface area contributed by atoms with Crippen LogP contribution >= 0.6 is 11.6 Å². The van der Waals surface area contributed by atoms with Crippen LogP contribution in [0.25, 0.3) is 10.9 Å². The smallest absolute Gasteiger partial charge is 0.240 e. The van der Waals surface area contributed by atoms with Gasteiger partial charge in [0.2, 0.25) is 10.0 Å². The molecule has 0 aliphatic rings. The van der Waals surface area contributed by atoms with Crippen LogP contribution in [0.5, 0.6) is 0 Å². The highest BCUT2D eigenvalue weighted by Gasteiger charge is 2.17. The van der Waals surface area contributed by atoms with Gasteiger partial charge in [0.1, 0.15) is 0 Å². The summed E-state index contributed by atoms with van der Waals surface area (Å²) in [5, 5.41) is 1.71. The van der Waals surface area contributed by atoms with Crippen LogP contribution < -0.4 is 4.72 Å². The largest absolute Gasteiger partial charge is 0.358 e. The minimum Gasteiger partial charge on any atom is -0.358 e. The molecule has 2 N–H and O–H groups in total. The van der Waals surface area contributed by atoms with Crippen molar-refractivity contribution in [2.45, 2.75) is 32.1 Å². The maximum absolute atomic E-state index is 12.6. The van der Waals surface area contributed by atoms with Crippen LogP contribution in [-0.2, 0) is 16.4 Å². The first kappa shape index (κ1) is 18.0. The molecule has 1 aromatic heterocycles. The molecule has 3 rings (SSSR count). The number of aromatic nitrogens is 1. The molecule has 0 radical (unpaired) electrons. The van der Waals surface area contributed by atoms with Crippen LogP contribution in [0.2, 0.25) is 5.02 Å². The van der Waals surface area contributed by atoms with Crippen molar-refractivity contribution in [1.29, 1.82) is 0 Å². The number of nitrogens with one attached hydrogen (secondary N) is 2. The highest BCUT2D eigenvalue weighted by atomic mass is 35.5. The zero-order valence-electron chi connectivity index (χ0n) is 14.5.